The van der Waals surface area contributed by atoms with Crippen LogP contribution in [-0.4, -0.2) is 18.4 Å². The Morgan fingerprint density at radius 3 is 2.73 bits per heavy atom. The number of rotatable bonds is 5. The Balaban J connectivity index is 1.40. The molecule has 0 aromatic heterocycles. The number of hydrogen-bond donors (Lipinski definition) is 0. The molecule has 4 bridgehead atoms. The highest BCUT2D eigenvalue weighted by Crippen LogP contribution is 2.69. The van der Waals surface area contributed by atoms with Gasteiger partial charge in [0.05, 0.1) is 11.0 Å². The summed E-state index contributed by atoms with van der Waals surface area (Å²) in [5.41, 5.74) is -0.352. The van der Waals surface area contributed by atoms with E-state index < -0.39 is 5.41 Å². The Labute approximate surface area is 134 Å². The molecule has 0 N–H and O–H groups in total. The smallest absolute Gasteiger partial charge is 0.313 e. The van der Waals surface area contributed by atoms with E-state index in [1.165, 1.54) is 38.5 Å². The molecule has 4 aliphatic carbocycles. The molecule has 0 amide bonds. The molecule has 0 heterocycles. The molecule has 0 spiro atoms. The largest absolute Gasteiger partial charge is 0.438 e. The zero-order valence-corrected chi connectivity index (χ0v) is 14.3. The molecule has 4 fully saturated rings. The second-order valence-corrected chi connectivity index (χ2v) is 8.94. The van der Waals surface area contributed by atoms with Crippen molar-refractivity contribution in [3.8, 4) is 0 Å². The molecule has 0 radical (unpaired) electrons. The van der Waals surface area contributed by atoms with Crippen LogP contribution in [0.4, 0.5) is 0 Å². The third-order valence-corrected chi connectivity index (χ3v) is 7.65. The number of fused-ring (bicyclic) bond motifs is 9. The van der Waals surface area contributed by atoms with Gasteiger partial charge < -0.3 is 9.47 Å². The number of carbonyl (C=O) groups excluding carboxylic acids is 1. The zero-order chi connectivity index (χ0) is 15.5. The first-order valence-corrected chi connectivity index (χ1v) is 9.28. The Morgan fingerprint density at radius 1 is 1.18 bits per heavy atom. The van der Waals surface area contributed by atoms with Crippen molar-refractivity contribution < 1.29 is 14.3 Å². The maximum Gasteiger partial charge on any atom is 0.313 e. The third-order valence-electron chi connectivity index (χ3n) is 7.65. The van der Waals surface area contributed by atoms with E-state index >= 15 is 0 Å². The summed E-state index contributed by atoms with van der Waals surface area (Å²) in [6.07, 6.45) is 8.86. The van der Waals surface area contributed by atoms with Gasteiger partial charge in [0.25, 0.3) is 0 Å². The van der Waals surface area contributed by atoms with Crippen molar-refractivity contribution >= 4 is 5.97 Å². The van der Waals surface area contributed by atoms with Crippen molar-refractivity contribution in [2.45, 2.75) is 71.3 Å². The second kappa shape index (κ2) is 4.96. The lowest BCUT2D eigenvalue weighted by atomic mass is 9.69. The molecule has 0 aromatic rings. The molecule has 124 valence electrons. The summed E-state index contributed by atoms with van der Waals surface area (Å²) in [5, 5.41) is 0. The Morgan fingerprint density at radius 2 is 1.95 bits per heavy atom. The third kappa shape index (κ3) is 2.00. The van der Waals surface area contributed by atoms with Gasteiger partial charge in [-0.05, 0) is 88.4 Å². The summed E-state index contributed by atoms with van der Waals surface area (Å²) in [7, 11) is 0. The molecule has 3 heteroatoms. The Hall–Kier alpha value is -0.570. The van der Waals surface area contributed by atoms with Crippen molar-refractivity contribution in [1.29, 1.82) is 0 Å². The summed E-state index contributed by atoms with van der Waals surface area (Å²) in [5.74, 6) is 4.33. The van der Waals surface area contributed by atoms with Crippen molar-refractivity contribution in [2.24, 2.45) is 35.0 Å². The van der Waals surface area contributed by atoms with Crippen molar-refractivity contribution in [2.75, 3.05) is 6.79 Å². The van der Waals surface area contributed by atoms with Crippen LogP contribution < -0.4 is 0 Å². The molecular formula is C19H30O3. The molecule has 6 atom stereocenters. The molecule has 0 aromatic carbocycles. The maximum absolute atomic E-state index is 12.1. The van der Waals surface area contributed by atoms with E-state index in [0.29, 0.717) is 0 Å². The van der Waals surface area contributed by atoms with Crippen LogP contribution in [0, 0.1) is 35.0 Å². The fourth-order valence-corrected chi connectivity index (χ4v) is 6.27. The maximum atomic E-state index is 12.1. The average molecular weight is 306 g/mol. The number of carbonyl (C=O) groups is 1. The van der Waals surface area contributed by atoms with Gasteiger partial charge in [0, 0.05) is 0 Å². The lowest BCUT2D eigenvalue weighted by molar-refractivity contribution is -0.191. The highest BCUT2D eigenvalue weighted by Gasteiger charge is 2.67. The first kappa shape index (κ1) is 15.0. The normalized spacial score (nSPS) is 45.3. The van der Waals surface area contributed by atoms with E-state index in [1.807, 2.05) is 20.8 Å². The monoisotopic (exact) mass is 306 g/mol. The van der Waals surface area contributed by atoms with Gasteiger partial charge >= 0.3 is 5.97 Å². The van der Waals surface area contributed by atoms with Crippen LogP contribution in [-0.2, 0) is 14.3 Å². The van der Waals surface area contributed by atoms with Crippen molar-refractivity contribution in [3.05, 3.63) is 0 Å². The van der Waals surface area contributed by atoms with Gasteiger partial charge in [0.15, 0.2) is 6.79 Å². The van der Waals surface area contributed by atoms with E-state index in [2.05, 4.69) is 0 Å². The molecule has 4 saturated carbocycles. The van der Waals surface area contributed by atoms with E-state index in [-0.39, 0.29) is 18.4 Å². The van der Waals surface area contributed by atoms with Crippen LogP contribution in [0.5, 0.6) is 0 Å². The molecule has 0 aliphatic heterocycles. The van der Waals surface area contributed by atoms with E-state index in [0.717, 1.165) is 36.0 Å². The molecule has 4 aliphatic rings. The highest BCUT2D eigenvalue weighted by molar-refractivity contribution is 5.75. The summed E-state index contributed by atoms with van der Waals surface area (Å²) in [6, 6.07) is 0. The lowest BCUT2D eigenvalue weighted by Crippen LogP contribution is -2.43. The van der Waals surface area contributed by atoms with E-state index in [4.69, 9.17) is 9.47 Å². The van der Waals surface area contributed by atoms with Crippen LogP contribution in [0.2, 0.25) is 0 Å². The van der Waals surface area contributed by atoms with Gasteiger partial charge in [-0.25, -0.2) is 0 Å². The molecule has 6 unspecified atom stereocenters. The predicted molar refractivity (Wildman–Crippen MR) is 84.0 cm³/mol. The zero-order valence-electron chi connectivity index (χ0n) is 14.3. The SMILES string of the molecule is CCC(C)(C)C(=O)OCOC12CCC(C1)C1C3CCC(C3)C12. The molecule has 3 nitrogen and oxygen atoms in total. The van der Waals surface area contributed by atoms with Gasteiger partial charge in [-0.2, -0.15) is 0 Å². The first-order valence-electron chi connectivity index (χ1n) is 9.28. The van der Waals surface area contributed by atoms with Gasteiger partial charge in [0.2, 0.25) is 0 Å². The summed E-state index contributed by atoms with van der Waals surface area (Å²) in [6.45, 7) is 6.08. The quantitative estimate of drug-likeness (QED) is 0.435. The summed E-state index contributed by atoms with van der Waals surface area (Å²) in [4.78, 5) is 12.1. The Kier molecular flexibility index (Phi) is 3.38. The van der Waals surface area contributed by atoms with E-state index in [9.17, 15) is 4.79 Å². The minimum atomic E-state index is -0.399. The fraction of sp³-hybridized carbons (Fsp3) is 0.947. The second-order valence-electron chi connectivity index (χ2n) is 8.94. The minimum Gasteiger partial charge on any atom is -0.438 e. The molecule has 4 rings (SSSR count). The molecule has 0 saturated heterocycles. The standard InChI is InChI=1S/C19H30O3/c1-4-18(2,3)17(20)21-11-22-19-8-7-14(10-19)15-12-5-6-13(9-12)16(15)19/h12-16H,4-11H2,1-3H3. The van der Waals surface area contributed by atoms with Gasteiger partial charge in [-0.1, -0.05) is 6.92 Å². The predicted octanol–water partition coefficient (Wildman–Crippen LogP) is 4.15. The van der Waals surface area contributed by atoms with Crippen LogP contribution in [0.15, 0.2) is 0 Å². The van der Waals surface area contributed by atoms with E-state index in [1.54, 1.807) is 0 Å². The molecule has 22 heavy (non-hydrogen) atoms. The van der Waals surface area contributed by atoms with Crippen LogP contribution >= 0.6 is 0 Å². The van der Waals surface area contributed by atoms with Crippen LogP contribution in [0.3, 0.4) is 0 Å². The number of hydrogen-bond acceptors (Lipinski definition) is 3. The van der Waals surface area contributed by atoms with Crippen molar-refractivity contribution in [3.63, 3.8) is 0 Å². The molecular weight excluding hydrogens is 276 g/mol. The Bertz CT molecular complexity index is 471. The van der Waals surface area contributed by atoms with Crippen LogP contribution in [0.25, 0.3) is 0 Å². The lowest BCUT2D eigenvalue weighted by Gasteiger charge is -2.41. The summed E-state index contributed by atoms with van der Waals surface area (Å²) < 4.78 is 11.8. The fourth-order valence-electron chi connectivity index (χ4n) is 6.27. The topological polar surface area (TPSA) is 35.5 Å². The van der Waals surface area contributed by atoms with Crippen molar-refractivity contribution in [1.82, 2.24) is 0 Å². The van der Waals surface area contributed by atoms with Gasteiger partial charge in [0.1, 0.15) is 0 Å². The first-order chi connectivity index (χ1) is 10.5. The highest BCUT2D eigenvalue weighted by atomic mass is 16.7. The average Bonchev–Trinajstić information content (AvgIpc) is 3.25. The minimum absolute atomic E-state index is 0.0474. The van der Waals surface area contributed by atoms with Gasteiger partial charge in [-0.15, -0.1) is 0 Å². The number of esters is 1. The van der Waals surface area contributed by atoms with Gasteiger partial charge in [-0.3, -0.25) is 4.79 Å². The summed E-state index contributed by atoms with van der Waals surface area (Å²) >= 11 is 0. The van der Waals surface area contributed by atoms with Crippen LogP contribution in [0.1, 0.15) is 65.7 Å². The number of ether oxygens (including phenoxy) is 2.